The van der Waals surface area contributed by atoms with Gasteiger partial charge in [0.1, 0.15) is 0 Å². The molecule has 1 aromatic rings. The van der Waals surface area contributed by atoms with Crippen molar-refractivity contribution in [3.05, 3.63) is 23.8 Å². The molecule has 5 heteroatoms. The Labute approximate surface area is 136 Å². The second kappa shape index (κ2) is 7.68. The van der Waals surface area contributed by atoms with Gasteiger partial charge in [0.25, 0.3) is 5.91 Å². The molecule has 1 aromatic carbocycles. The summed E-state index contributed by atoms with van der Waals surface area (Å²) in [6, 6.07) is 5.67. The van der Waals surface area contributed by atoms with Gasteiger partial charge >= 0.3 is 0 Å². The van der Waals surface area contributed by atoms with Gasteiger partial charge in [0.2, 0.25) is 5.91 Å². The molecule has 0 aliphatic carbocycles. The van der Waals surface area contributed by atoms with Crippen molar-refractivity contribution in [2.24, 2.45) is 5.92 Å². The second-order valence-electron chi connectivity index (χ2n) is 6.20. The fraction of sp³-hybridized carbons (Fsp3) is 0.529. The molecule has 0 radical (unpaired) electrons. The van der Waals surface area contributed by atoms with Crippen LogP contribution in [0.3, 0.4) is 0 Å². The van der Waals surface area contributed by atoms with Crippen molar-refractivity contribution in [1.82, 2.24) is 5.32 Å². The standard InChI is InChI=1S/C17H24N2O2S/c1-11(2)4-5-12(3)18-17(21)13-6-7-15-14(10-13)19-16(20)8-9-22-15/h6-7,10-12H,4-5,8-9H2,1-3H3,(H,18,21)(H,19,20). The van der Waals surface area contributed by atoms with Crippen molar-refractivity contribution in [3.8, 4) is 0 Å². The fourth-order valence-electron chi connectivity index (χ4n) is 2.32. The highest BCUT2D eigenvalue weighted by Gasteiger charge is 2.16. The first kappa shape index (κ1) is 16.9. The molecule has 0 aromatic heterocycles. The lowest BCUT2D eigenvalue weighted by Crippen LogP contribution is -2.32. The van der Waals surface area contributed by atoms with Crippen LogP contribution in [0.1, 0.15) is 50.4 Å². The number of thioether (sulfide) groups is 1. The summed E-state index contributed by atoms with van der Waals surface area (Å²) in [5.41, 5.74) is 1.34. The van der Waals surface area contributed by atoms with Crippen LogP contribution in [0.2, 0.25) is 0 Å². The van der Waals surface area contributed by atoms with Crippen LogP contribution in [0.4, 0.5) is 5.69 Å². The maximum absolute atomic E-state index is 12.3. The first-order valence-electron chi connectivity index (χ1n) is 7.83. The van der Waals surface area contributed by atoms with Crippen LogP contribution in [-0.4, -0.2) is 23.6 Å². The monoisotopic (exact) mass is 320 g/mol. The Hall–Kier alpha value is -1.49. The quantitative estimate of drug-likeness (QED) is 0.870. The summed E-state index contributed by atoms with van der Waals surface area (Å²) in [4.78, 5) is 25.0. The summed E-state index contributed by atoms with van der Waals surface area (Å²) in [7, 11) is 0. The van der Waals surface area contributed by atoms with E-state index in [2.05, 4.69) is 24.5 Å². The van der Waals surface area contributed by atoms with Crippen LogP contribution in [0.15, 0.2) is 23.1 Å². The lowest BCUT2D eigenvalue weighted by atomic mass is 10.0. The second-order valence-corrected chi connectivity index (χ2v) is 7.34. The van der Waals surface area contributed by atoms with E-state index in [1.807, 2.05) is 19.1 Å². The van der Waals surface area contributed by atoms with Crippen molar-refractivity contribution < 1.29 is 9.59 Å². The van der Waals surface area contributed by atoms with Crippen LogP contribution in [0.25, 0.3) is 0 Å². The third-order valence-electron chi connectivity index (χ3n) is 3.66. The molecule has 2 rings (SSSR count). The molecule has 1 atom stereocenters. The number of anilines is 1. The van der Waals surface area contributed by atoms with E-state index in [1.54, 1.807) is 17.8 Å². The topological polar surface area (TPSA) is 58.2 Å². The van der Waals surface area contributed by atoms with E-state index in [0.29, 0.717) is 17.9 Å². The third kappa shape index (κ3) is 4.77. The summed E-state index contributed by atoms with van der Waals surface area (Å²) < 4.78 is 0. The summed E-state index contributed by atoms with van der Waals surface area (Å²) in [5.74, 6) is 1.34. The van der Waals surface area contributed by atoms with E-state index in [0.717, 1.165) is 29.2 Å². The van der Waals surface area contributed by atoms with Gasteiger partial charge < -0.3 is 10.6 Å². The normalized spacial score (nSPS) is 15.7. The molecule has 22 heavy (non-hydrogen) atoms. The smallest absolute Gasteiger partial charge is 0.251 e. The zero-order chi connectivity index (χ0) is 16.1. The number of hydrogen-bond donors (Lipinski definition) is 2. The molecular weight excluding hydrogens is 296 g/mol. The molecule has 0 saturated heterocycles. The Morgan fingerprint density at radius 3 is 2.82 bits per heavy atom. The van der Waals surface area contributed by atoms with Crippen molar-refractivity contribution >= 4 is 29.3 Å². The Morgan fingerprint density at radius 2 is 2.09 bits per heavy atom. The van der Waals surface area contributed by atoms with Crippen LogP contribution in [-0.2, 0) is 4.79 Å². The Kier molecular flexibility index (Phi) is 5.89. The average molecular weight is 320 g/mol. The van der Waals surface area contributed by atoms with E-state index >= 15 is 0 Å². The molecular formula is C17H24N2O2S. The van der Waals surface area contributed by atoms with Gasteiger partial charge in [-0.1, -0.05) is 13.8 Å². The average Bonchev–Trinajstić information content (AvgIpc) is 2.64. The minimum absolute atomic E-state index is 0.00843. The van der Waals surface area contributed by atoms with Gasteiger partial charge in [0.05, 0.1) is 5.69 Å². The van der Waals surface area contributed by atoms with Gasteiger partial charge in [-0.2, -0.15) is 0 Å². The third-order valence-corrected chi connectivity index (χ3v) is 4.73. The molecule has 0 fully saturated rings. The van der Waals surface area contributed by atoms with Crippen molar-refractivity contribution in [1.29, 1.82) is 0 Å². The van der Waals surface area contributed by atoms with Crippen molar-refractivity contribution in [3.63, 3.8) is 0 Å². The molecule has 2 N–H and O–H groups in total. The van der Waals surface area contributed by atoms with E-state index in [-0.39, 0.29) is 17.9 Å². The van der Waals surface area contributed by atoms with E-state index in [9.17, 15) is 9.59 Å². The van der Waals surface area contributed by atoms with Gasteiger partial charge in [0.15, 0.2) is 0 Å². The highest BCUT2D eigenvalue weighted by molar-refractivity contribution is 7.99. The summed E-state index contributed by atoms with van der Waals surface area (Å²) in [6.45, 7) is 6.39. The number of benzene rings is 1. The molecule has 2 amide bonds. The Bertz CT molecular complexity index is 558. The predicted molar refractivity (Wildman–Crippen MR) is 91.4 cm³/mol. The first-order chi connectivity index (χ1) is 10.5. The molecule has 4 nitrogen and oxygen atoms in total. The lowest BCUT2D eigenvalue weighted by molar-refractivity contribution is -0.115. The van der Waals surface area contributed by atoms with E-state index < -0.39 is 0 Å². The zero-order valence-corrected chi connectivity index (χ0v) is 14.3. The number of carbonyl (C=O) groups is 2. The molecule has 1 unspecified atom stereocenters. The SMILES string of the molecule is CC(C)CCC(C)NC(=O)c1ccc2c(c1)NC(=O)CCS2. The minimum Gasteiger partial charge on any atom is -0.350 e. The van der Waals surface area contributed by atoms with Gasteiger partial charge in [-0.3, -0.25) is 9.59 Å². The number of hydrogen-bond acceptors (Lipinski definition) is 3. The maximum atomic E-state index is 12.3. The number of carbonyl (C=O) groups excluding carboxylic acids is 2. The summed E-state index contributed by atoms with van der Waals surface area (Å²) >= 11 is 1.64. The van der Waals surface area contributed by atoms with Crippen LogP contribution in [0, 0.1) is 5.92 Å². The lowest BCUT2D eigenvalue weighted by Gasteiger charge is -2.16. The highest BCUT2D eigenvalue weighted by atomic mass is 32.2. The summed E-state index contributed by atoms with van der Waals surface area (Å²) in [5, 5.41) is 5.90. The summed E-state index contributed by atoms with van der Waals surface area (Å²) in [6.07, 6.45) is 2.58. The maximum Gasteiger partial charge on any atom is 0.251 e. The predicted octanol–water partition coefficient (Wildman–Crippen LogP) is 3.68. The van der Waals surface area contributed by atoms with Crippen molar-refractivity contribution in [2.45, 2.75) is 51.0 Å². The van der Waals surface area contributed by atoms with Crippen LogP contribution >= 0.6 is 11.8 Å². The fourth-order valence-corrected chi connectivity index (χ4v) is 3.26. The van der Waals surface area contributed by atoms with Crippen LogP contribution in [0.5, 0.6) is 0 Å². The highest BCUT2D eigenvalue weighted by Crippen LogP contribution is 2.31. The number of nitrogens with one attached hydrogen (secondary N) is 2. The van der Waals surface area contributed by atoms with Gasteiger partial charge in [-0.05, 0) is 43.9 Å². The van der Waals surface area contributed by atoms with E-state index in [1.165, 1.54) is 0 Å². The Morgan fingerprint density at radius 1 is 1.32 bits per heavy atom. The molecule has 1 aliphatic rings. The number of amides is 2. The molecule has 1 aliphatic heterocycles. The molecule has 0 saturated carbocycles. The van der Waals surface area contributed by atoms with Crippen molar-refractivity contribution in [2.75, 3.05) is 11.1 Å². The molecule has 1 heterocycles. The van der Waals surface area contributed by atoms with E-state index in [4.69, 9.17) is 0 Å². The molecule has 0 spiro atoms. The minimum atomic E-state index is -0.0810. The largest absolute Gasteiger partial charge is 0.350 e. The molecule has 0 bridgehead atoms. The molecule has 120 valence electrons. The number of fused-ring (bicyclic) bond motifs is 1. The van der Waals surface area contributed by atoms with Gasteiger partial charge in [0, 0.05) is 28.7 Å². The van der Waals surface area contributed by atoms with Crippen LogP contribution < -0.4 is 10.6 Å². The number of rotatable bonds is 5. The zero-order valence-electron chi connectivity index (χ0n) is 13.4. The first-order valence-corrected chi connectivity index (χ1v) is 8.82. The van der Waals surface area contributed by atoms with Gasteiger partial charge in [-0.15, -0.1) is 11.8 Å². The van der Waals surface area contributed by atoms with Gasteiger partial charge in [-0.25, -0.2) is 0 Å². The Balaban J connectivity index is 2.03.